The van der Waals surface area contributed by atoms with Crippen molar-refractivity contribution in [2.45, 2.75) is 41.0 Å². The molecule has 0 aliphatic carbocycles. The lowest BCUT2D eigenvalue weighted by molar-refractivity contribution is 0.288. The molecule has 0 aromatic carbocycles. The first-order chi connectivity index (χ1) is 11.0. The van der Waals surface area contributed by atoms with Crippen molar-refractivity contribution in [1.29, 1.82) is 0 Å². The Hall–Kier alpha value is -1.36. The fraction of sp³-hybridized carbons (Fsp3) is 0.500. The van der Waals surface area contributed by atoms with Gasteiger partial charge in [-0.25, -0.2) is 4.98 Å². The number of allylic oxidation sites excluding steroid dienone is 2. The van der Waals surface area contributed by atoms with E-state index in [0.717, 1.165) is 12.0 Å². The van der Waals surface area contributed by atoms with Crippen LogP contribution in [0.1, 0.15) is 41.0 Å². The van der Waals surface area contributed by atoms with Gasteiger partial charge in [0.15, 0.2) is 0 Å². The first-order valence-electron chi connectivity index (χ1n) is 8.00. The van der Waals surface area contributed by atoms with Gasteiger partial charge in [-0.2, -0.15) is 4.39 Å². The number of ether oxygens (including phenoxy) is 1. The fourth-order valence-corrected chi connectivity index (χ4v) is 2.47. The van der Waals surface area contributed by atoms with Crippen LogP contribution in [0.4, 0.5) is 10.1 Å². The third kappa shape index (κ3) is 6.73. The molecule has 3 nitrogen and oxygen atoms in total. The van der Waals surface area contributed by atoms with Gasteiger partial charge in [-0.15, -0.1) is 0 Å². The number of aromatic nitrogens is 1. The minimum Gasteiger partial charge on any atom is -0.476 e. The highest BCUT2D eigenvalue weighted by Crippen LogP contribution is 2.33. The van der Waals surface area contributed by atoms with Crippen LogP contribution < -0.4 is 9.64 Å². The van der Waals surface area contributed by atoms with Gasteiger partial charge in [-0.3, -0.25) is 0 Å². The molecule has 5 heteroatoms. The molecule has 0 unspecified atom stereocenters. The van der Waals surface area contributed by atoms with Crippen molar-refractivity contribution in [1.82, 2.24) is 4.98 Å². The van der Waals surface area contributed by atoms with Gasteiger partial charge in [0, 0.05) is 19.8 Å². The van der Waals surface area contributed by atoms with Gasteiger partial charge >= 0.3 is 0 Å². The van der Waals surface area contributed by atoms with Crippen LogP contribution in [-0.2, 0) is 0 Å². The molecule has 23 heavy (non-hydrogen) atoms. The molecule has 130 valence electrons. The molecule has 1 aromatic rings. The average Bonchev–Trinajstić information content (AvgIpc) is 2.55. The number of hydrogen-bond donors (Lipinski definition) is 0. The van der Waals surface area contributed by atoms with Crippen molar-refractivity contribution in [3.05, 3.63) is 40.3 Å². The van der Waals surface area contributed by atoms with Gasteiger partial charge in [-0.1, -0.05) is 39.0 Å². The molecular formula is C18H28BrFN2O. The molecule has 0 radical (unpaired) electrons. The summed E-state index contributed by atoms with van der Waals surface area (Å²) in [6.07, 6.45) is 8.38. The highest BCUT2D eigenvalue weighted by molar-refractivity contribution is 9.10. The summed E-state index contributed by atoms with van der Waals surface area (Å²) >= 11 is 3.36. The molecule has 0 bridgehead atoms. The quantitative estimate of drug-likeness (QED) is 0.557. The van der Waals surface area contributed by atoms with Crippen LogP contribution >= 0.6 is 15.9 Å². The van der Waals surface area contributed by atoms with E-state index >= 15 is 0 Å². The number of likely N-dealkylation sites (N-methyl/N-ethyl adjacent to an activating group) is 1. The first-order valence-corrected chi connectivity index (χ1v) is 8.80. The Morgan fingerprint density at radius 2 is 2.04 bits per heavy atom. The number of hydrogen-bond acceptors (Lipinski definition) is 3. The van der Waals surface area contributed by atoms with Crippen molar-refractivity contribution in [3.63, 3.8) is 0 Å². The first kappa shape index (κ1) is 21.6. The van der Waals surface area contributed by atoms with Crippen LogP contribution in [0.5, 0.6) is 5.88 Å². The minimum absolute atomic E-state index is 0.0509. The minimum atomic E-state index is -0.434. The van der Waals surface area contributed by atoms with E-state index in [0.29, 0.717) is 23.3 Å². The fourth-order valence-electron chi connectivity index (χ4n) is 1.90. The Labute approximate surface area is 148 Å². The molecule has 0 spiro atoms. The molecule has 1 rings (SSSR count). The molecule has 0 atom stereocenters. The lowest BCUT2D eigenvalue weighted by atomic mass is 10.2. The Bertz CT molecular complexity index is 530. The molecule has 0 fully saturated rings. The largest absolute Gasteiger partial charge is 0.476 e. The highest BCUT2D eigenvalue weighted by atomic mass is 79.9. The monoisotopic (exact) mass is 386 g/mol. The molecule has 0 saturated heterocycles. The molecule has 0 aliphatic rings. The maximum absolute atomic E-state index is 14.6. The van der Waals surface area contributed by atoms with E-state index in [4.69, 9.17) is 4.74 Å². The SMILES string of the molecule is C/C=C\C(=C/C)CN(C)c1c(Br)cnc(OCCC)c1F.CC. The maximum Gasteiger partial charge on any atom is 0.252 e. The van der Waals surface area contributed by atoms with E-state index in [1.165, 1.54) is 0 Å². The lowest BCUT2D eigenvalue weighted by Gasteiger charge is -2.22. The predicted octanol–water partition coefficient (Wildman–Crippen LogP) is 5.76. The predicted molar refractivity (Wildman–Crippen MR) is 101 cm³/mol. The van der Waals surface area contributed by atoms with Gasteiger partial charge in [0.1, 0.15) is 0 Å². The third-order valence-corrected chi connectivity index (χ3v) is 3.49. The molecule has 1 aromatic heterocycles. The average molecular weight is 387 g/mol. The van der Waals surface area contributed by atoms with E-state index < -0.39 is 5.82 Å². The topological polar surface area (TPSA) is 25.4 Å². The van der Waals surface area contributed by atoms with Crippen molar-refractivity contribution >= 4 is 21.6 Å². The standard InChI is InChI=1S/C16H22BrFN2O.C2H6/c1-5-8-12(7-3)11-20(4)15-13(17)10-19-16(14(15)18)21-9-6-2;1-2/h5,7-8,10H,6,9,11H2,1-4H3;1-2H3/b8-5-,12-7+;. The van der Waals surface area contributed by atoms with Gasteiger partial charge in [0.05, 0.1) is 16.8 Å². The lowest BCUT2D eigenvalue weighted by Crippen LogP contribution is -2.22. The molecule has 1 heterocycles. The van der Waals surface area contributed by atoms with Crippen molar-refractivity contribution in [2.75, 3.05) is 25.1 Å². The normalized spacial score (nSPS) is 11.2. The Balaban J connectivity index is 0.00000232. The zero-order chi connectivity index (χ0) is 17.8. The van der Waals surface area contributed by atoms with Gasteiger partial charge in [0.2, 0.25) is 5.82 Å². The zero-order valence-electron chi connectivity index (χ0n) is 15.0. The van der Waals surface area contributed by atoms with E-state index in [2.05, 4.69) is 20.9 Å². The Morgan fingerprint density at radius 3 is 2.57 bits per heavy atom. The Kier molecular flexibility index (Phi) is 11.4. The van der Waals surface area contributed by atoms with Crippen LogP contribution in [-0.4, -0.2) is 25.2 Å². The molecule has 0 saturated carbocycles. The van der Waals surface area contributed by atoms with Crippen LogP contribution in [0.2, 0.25) is 0 Å². The maximum atomic E-state index is 14.6. The molecule has 0 amide bonds. The van der Waals surface area contributed by atoms with E-state index in [1.54, 1.807) is 6.20 Å². The number of halogens is 2. The van der Waals surface area contributed by atoms with Gasteiger partial charge < -0.3 is 9.64 Å². The summed E-state index contributed by atoms with van der Waals surface area (Å²) in [5, 5.41) is 0. The number of anilines is 1. The Morgan fingerprint density at radius 1 is 1.39 bits per heavy atom. The molecular weight excluding hydrogens is 359 g/mol. The van der Waals surface area contributed by atoms with Crippen LogP contribution in [0.3, 0.4) is 0 Å². The smallest absolute Gasteiger partial charge is 0.252 e. The van der Waals surface area contributed by atoms with Gasteiger partial charge in [-0.05, 0) is 41.8 Å². The number of rotatable bonds is 7. The van der Waals surface area contributed by atoms with E-state index in [9.17, 15) is 4.39 Å². The number of nitrogens with zero attached hydrogens (tertiary/aromatic N) is 2. The summed E-state index contributed by atoms with van der Waals surface area (Å²) in [5.74, 6) is -0.383. The summed E-state index contributed by atoms with van der Waals surface area (Å²) in [7, 11) is 1.85. The van der Waals surface area contributed by atoms with Crippen LogP contribution in [0.25, 0.3) is 0 Å². The highest BCUT2D eigenvalue weighted by Gasteiger charge is 2.18. The molecule has 0 N–H and O–H groups in total. The summed E-state index contributed by atoms with van der Waals surface area (Å²) in [6, 6.07) is 0. The summed E-state index contributed by atoms with van der Waals surface area (Å²) in [6.45, 7) is 11.0. The zero-order valence-corrected chi connectivity index (χ0v) is 16.6. The third-order valence-electron chi connectivity index (χ3n) is 2.91. The van der Waals surface area contributed by atoms with Crippen LogP contribution in [0, 0.1) is 5.82 Å². The van der Waals surface area contributed by atoms with Crippen molar-refractivity contribution in [3.8, 4) is 5.88 Å². The van der Waals surface area contributed by atoms with E-state index in [1.807, 2.05) is 64.8 Å². The van der Waals surface area contributed by atoms with Crippen molar-refractivity contribution in [2.24, 2.45) is 0 Å². The second-order valence-corrected chi connectivity index (χ2v) is 5.50. The summed E-state index contributed by atoms with van der Waals surface area (Å²) < 4.78 is 20.5. The van der Waals surface area contributed by atoms with E-state index in [-0.39, 0.29) is 5.88 Å². The molecule has 0 aliphatic heterocycles. The van der Waals surface area contributed by atoms with Crippen molar-refractivity contribution < 1.29 is 9.13 Å². The second-order valence-electron chi connectivity index (χ2n) is 4.64. The summed E-state index contributed by atoms with van der Waals surface area (Å²) in [5.41, 5.74) is 1.57. The summed E-state index contributed by atoms with van der Waals surface area (Å²) in [4.78, 5) is 5.84. The second kappa shape index (κ2) is 12.1. The number of pyridine rings is 1. The van der Waals surface area contributed by atoms with Crippen LogP contribution in [0.15, 0.2) is 34.5 Å². The van der Waals surface area contributed by atoms with Gasteiger partial charge in [0.25, 0.3) is 5.88 Å².